The van der Waals surface area contributed by atoms with Crippen LogP contribution in [0.1, 0.15) is 26.2 Å². The molecule has 0 aromatic carbocycles. The van der Waals surface area contributed by atoms with Crippen LogP contribution in [0.5, 0.6) is 0 Å². The minimum absolute atomic E-state index is 0.468. The van der Waals surface area contributed by atoms with Gasteiger partial charge in [-0.2, -0.15) is 0 Å². The van der Waals surface area contributed by atoms with E-state index in [1.54, 1.807) is 0 Å². The highest BCUT2D eigenvalue weighted by atomic mass is 14.9. The maximum Gasteiger partial charge on any atom is 0.0162 e. The maximum absolute atomic E-state index is 5.51. The van der Waals surface area contributed by atoms with Crippen molar-refractivity contribution in [2.45, 2.75) is 32.2 Å². The summed E-state index contributed by atoms with van der Waals surface area (Å²) in [6, 6.07) is 0.468. The fourth-order valence-corrected chi connectivity index (χ4v) is 1.49. The van der Waals surface area contributed by atoms with Crippen molar-refractivity contribution in [1.82, 2.24) is 5.32 Å². The first-order valence-corrected chi connectivity index (χ1v) is 4.91. The Kier molecular flexibility index (Phi) is 4.33. The molecule has 0 heterocycles. The highest BCUT2D eigenvalue weighted by molar-refractivity contribution is 4.90. The summed E-state index contributed by atoms with van der Waals surface area (Å²) in [6.07, 6.45) is 8.40. The number of allylic oxidation sites excluding steroid dienone is 2. The predicted octanol–water partition coefficient (Wildman–Crippen LogP) is 1.28. The fraction of sp³-hybridized carbons (Fsp3) is 0.800. The number of nitrogens with two attached hydrogens (primary N) is 1. The number of hydrogen-bond donors (Lipinski definition) is 2. The third-order valence-corrected chi connectivity index (χ3v) is 2.49. The van der Waals surface area contributed by atoms with E-state index >= 15 is 0 Å². The zero-order valence-electron chi connectivity index (χ0n) is 7.92. The van der Waals surface area contributed by atoms with E-state index in [0.29, 0.717) is 6.04 Å². The van der Waals surface area contributed by atoms with Crippen LogP contribution in [0.4, 0.5) is 0 Å². The normalized spacial score (nSPS) is 25.7. The minimum atomic E-state index is 0.468. The first-order valence-electron chi connectivity index (χ1n) is 4.91. The molecule has 0 spiro atoms. The molecule has 0 aromatic rings. The quantitative estimate of drug-likeness (QED) is 0.621. The van der Waals surface area contributed by atoms with E-state index in [2.05, 4.69) is 24.4 Å². The summed E-state index contributed by atoms with van der Waals surface area (Å²) in [5.41, 5.74) is 5.51. The van der Waals surface area contributed by atoms with Gasteiger partial charge in [0.25, 0.3) is 0 Å². The van der Waals surface area contributed by atoms with Crippen molar-refractivity contribution in [3.63, 3.8) is 0 Å². The Morgan fingerprint density at radius 2 is 2.42 bits per heavy atom. The van der Waals surface area contributed by atoms with E-state index in [4.69, 9.17) is 5.73 Å². The van der Waals surface area contributed by atoms with Crippen molar-refractivity contribution in [1.29, 1.82) is 0 Å². The van der Waals surface area contributed by atoms with Gasteiger partial charge in [0.2, 0.25) is 0 Å². The molecule has 0 amide bonds. The second-order valence-electron chi connectivity index (χ2n) is 3.70. The topological polar surface area (TPSA) is 38.0 Å². The second kappa shape index (κ2) is 5.33. The van der Waals surface area contributed by atoms with Gasteiger partial charge in [0, 0.05) is 12.6 Å². The van der Waals surface area contributed by atoms with Gasteiger partial charge in [0.1, 0.15) is 0 Å². The van der Waals surface area contributed by atoms with Crippen LogP contribution in [-0.4, -0.2) is 19.1 Å². The second-order valence-corrected chi connectivity index (χ2v) is 3.70. The molecule has 2 heteroatoms. The number of rotatable bonds is 4. The predicted molar refractivity (Wildman–Crippen MR) is 53.0 cm³/mol. The molecule has 3 N–H and O–H groups in total. The standard InChI is InChI=1S/C10H20N2/c1-9(7-11)12-8-10-5-3-2-4-6-10/h2-3,9-10,12H,4-8,11H2,1H3/t9-,10?/m0/s1. The lowest BCUT2D eigenvalue weighted by atomic mass is 9.94. The molecule has 2 atom stereocenters. The zero-order chi connectivity index (χ0) is 8.81. The van der Waals surface area contributed by atoms with E-state index in [1.165, 1.54) is 19.3 Å². The molecule has 0 aliphatic heterocycles. The summed E-state index contributed by atoms with van der Waals surface area (Å²) in [4.78, 5) is 0. The molecule has 1 aliphatic rings. The van der Waals surface area contributed by atoms with Crippen LogP contribution in [0.3, 0.4) is 0 Å². The van der Waals surface area contributed by atoms with Crippen LogP contribution in [0, 0.1) is 5.92 Å². The third kappa shape index (κ3) is 3.37. The van der Waals surface area contributed by atoms with Crippen molar-refractivity contribution in [3.8, 4) is 0 Å². The summed E-state index contributed by atoms with van der Waals surface area (Å²) >= 11 is 0. The van der Waals surface area contributed by atoms with E-state index < -0.39 is 0 Å². The van der Waals surface area contributed by atoms with Crippen LogP contribution in [0.2, 0.25) is 0 Å². The summed E-state index contributed by atoms with van der Waals surface area (Å²) in [5.74, 6) is 0.837. The molecule has 12 heavy (non-hydrogen) atoms. The Bertz CT molecular complexity index is 143. The van der Waals surface area contributed by atoms with Crippen molar-refractivity contribution >= 4 is 0 Å². The zero-order valence-corrected chi connectivity index (χ0v) is 7.92. The lowest BCUT2D eigenvalue weighted by Crippen LogP contribution is -2.36. The summed E-state index contributed by atoms with van der Waals surface area (Å²) < 4.78 is 0. The van der Waals surface area contributed by atoms with Gasteiger partial charge in [-0.1, -0.05) is 12.2 Å². The molecular weight excluding hydrogens is 148 g/mol. The molecule has 0 saturated carbocycles. The Morgan fingerprint density at radius 3 is 3.00 bits per heavy atom. The van der Waals surface area contributed by atoms with E-state index in [0.717, 1.165) is 19.0 Å². The largest absolute Gasteiger partial charge is 0.329 e. The third-order valence-electron chi connectivity index (χ3n) is 2.49. The lowest BCUT2D eigenvalue weighted by molar-refractivity contribution is 0.413. The van der Waals surface area contributed by atoms with E-state index in [9.17, 15) is 0 Å². The van der Waals surface area contributed by atoms with Crippen molar-refractivity contribution in [3.05, 3.63) is 12.2 Å². The van der Waals surface area contributed by atoms with E-state index in [-0.39, 0.29) is 0 Å². The number of hydrogen-bond acceptors (Lipinski definition) is 2. The monoisotopic (exact) mass is 168 g/mol. The first kappa shape index (κ1) is 9.75. The van der Waals surface area contributed by atoms with Crippen molar-refractivity contribution in [2.75, 3.05) is 13.1 Å². The lowest BCUT2D eigenvalue weighted by Gasteiger charge is -2.20. The van der Waals surface area contributed by atoms with Crippen LogP contribution in [0.25, 0.3) is 0 Å². The first-order chi connectivity index (χ1) is 5.83. The van der Waals surface area contributed by atoms with Gasteiger partial charge >= 0.3 is 0 Å². The molecule has 0 aromatic heterocycles. The fourth-order valence-electron chi connectivity index (χ4n) is 1.49. The molecule has 1 unspecified atom stereocenters. The molecule has 2 nitrogen and oxygen atoms in total. The van der Waals surface area contributed by atoms with Gasteiger partial charge in [-0.3, -0.25) is 0 Å². The highest BCUT2D eigenvalue weighted by Crippen LogP contribution is 2.16. The van der Waals surface area contributed by atoms with Gasteiger partial charge in [0.05, 0.1) is 0 Å². The van der Waals surface area contributed by atoms with Crippen molar-refractivity contribution in [2.24, 2.45) is 11.7 Å². The molecule has 0 bridgehead atoms. The number of nitrogens with one attached hydrogen (secondary N) is 1. The highest BCUT2D eigenvalue weighted by Gasteiger charge is 2.09. The minimum Gasteiger partial charge on any atom is -0.329 e. The van der Waals surface area contributed by atoms with Crippen LogP contribution in [-0.2, 0) is 0 Å². The molecule has 0 radical (unpaired) electrons. The molecule has 0 fully saturated rings. The van der Waals surface area contributed by atoms with Gasteiger partial charge in [-0.05, 0) is 38.6 Å². The molecule has 1 rings (SSSR count). The van der Waals surface area contributed by atoms with Crippen LogP contribution < -0.4 is 11.1 Å². The SMILES string of the molecule is C[C@@H](CN)NCC1CC=CCC1. The Morgan fingerprint density at radius 1 is 1.58 bits per heavy atom. The van der Waals surface area contributed by atoms with Gasteiger partial charge in [0.15, 0.2) is 0 Å². The summed E-state index contributed by atoms with van der Waals surface area (Å²) in [6.45, 7) is 4.00. The molecule has 0 saturated heterocycles. The Labute approximate surface area is 75.2 Å². The maximum atomic E-state index is 5.51. The van der Waals surface area contributed by atoms with Crippen LogP contribution in [0.15, 0.2) is 12.2 Å². The Balaban J connectivity index is 2.10. The summed E-state index contributed by atoms with van der Waals surface area (Å²) in [7, 11) is 0. The Hall–Kier alpha value is -0.340. The van der Waals surface area contributed by atoms with Crippen molar-refractivity contribution < 1.29 is 0 Å². The summed E-state index contributed by atoms with van der Waals surface area (Å²) in [5, 5.41) is 3.44. The average molecular weight is 168 g/mol. The van der Waals surface area contributed by atoms with E-state index in [1.807, 2.05) is 0 Å². The molecular formula is C10H20N2. The average Bonchev–Trinajstić information content (AvgIpc) is 2.16. The van der Waals surface area contributed by atoms with Crippen LogP contribution >= 0.6 is 0 Å². The van der Waals surface area contributed by atoms with Gasteiger partial charge < -0.3 is 11.1 Å². The smallest absolute Gasteiger partial charge is 0.0162 e. The molecule has 70 valence electrons. The van der Waals surface area contributed by atoms with Gasteiger partial charge in [-0.15, -0.1) is 0 Å². The molecule has 1 aliphatic carbocycles. The van der Waals surface area contributed by atoms with Gasteiger partial charge in [-0.25, -0.2) is 0 Å².